The Labute approximate surface area is 152 Å². The van der Waals surface area contributed by atoms with Crippen LogP contribution >= 0.6 is 23.2 Å². The van der Waals surface area contributed by atoms with Crippen LogP contribution in [0.15, 0.2) is 36.4 Å². The van der Waals surface area contributed by atoms with E-state index in [-0.39, 0.29) is 16.0 Å². The van der Waals surface area contributed by atoms with Gasteiger partial charge in [-0.2, -0.15) is 0 Å². The third-order valence-electron chi connectivity index (χ3n) is 4.04. The minimum atomic E-state index is -0.941. The summed E-state index contributed by atoms with van der Waals surface area (Å²) in [5.74, 6) is -0.125. The van der Waals surface area contributed by atoms with Crippen LogP contribution in [0.25, 0.3) is 0 Å². The number of aliphatic hydroxyl groups excluding tert-OH is 1. The Hall–Kier alpha value is -1.55. The number of hydrogen-bond donors (Lipinski definition) is 1. The molecular weight excluding hydrogens is 345 g/mol. The standard InChI is InChI=1S/C19H21Cl2NO2/c1-4-22(5-2)19(24)14-10-15(20)17(16(21)11-14)18(23)13-8-6-12(3)7-9-13/h6-11,18,23H,4-5H2,1-3H3. The fourth-order valence-electron chi connectivity index (χ4n) is 2.58. The maximum absolute atomic E-state index is 12.4. The Bertz CT molecular complexity index is 702. The average molecular weight is 366 g/mol. The van der Waals surface area contributed by atoms with Crippen molar-refractivity contribution in [2.75, 3.05) is 13.1 Å². The predicted molar refractivity (Wildman–Crippen MR) is 99.0 cm³/mol. The van der Waals surface area contributed by atoms with Crippen molar-refractivity contribution in [3.63, 3.8) is 0 Å². The lowest BCUT2D eigenvalue weighted by Gasteiger charge is -2.20. The van der Waals surface area contributed by atoms with Crippen LogP contribution < -0.4 is 0 Å². The molecule has 0 aliphatic rings. The Kier molecular flexibility index (Phi) is 6.27. The Balaban J connectivity index is 2.39. The lowest BCUT2D eigenvalue weighted by Crippen LogP contribution is -2.30. The molecule has 0 aliphatic heterocycles. The molecule has 0 heterocycles. The van der Waals surface area contributed by atoms with Gasteiger partial charge in [-0.05, 0) is 38.5 Å². The largest absolute Gasteiger partial charge is 0.384 e. The van der Waals surface area contributed by atoms with Gasteiger partial charge in [-0.1, -0.05) is 53.0 Å². The second-order valence-electron chi connectivity index (χ2n) is 5.64. The maximum atomic E-state index is 12.4. The van der Waals surface area contributed by atoms with Crippen molar-refractivity contribution < 1.29 is 9.90 Å². The second-order valence-corrected chi connectivity index (χ2v) is 6.46. The van der Waals surface area contributed by atoms with E-state index in [9.17, 15) is 9.90 Å². The molecule has 0 aromatic heterocycles. The first kappa shape index (κ1) is 18.8. The zero-order chi connectivity index (χ0) is 17.9. The number of hydrogen-bond acceptors (Lipinski definition) is 2. The van der Waals surface area contributed by atoms with Crippen molar-refractivity contribution >= 4 is 29.1 Å². The number of halogens is 2. The highest BCUT2D eigenvalue weighted by Crippen LogP contribution is 2.35. The van der Waals surface area contributed by atoms with Crippen molar-refractivity contribution in [1.29, 1.82) is 0 Å². The normalized spacial score (nSPS) is 12.1. The quantitative estimate of drug-likeness (QED) is 0.821. The molecule has 1 unspecified atom stereocenters. The summed E-state index contributed by atoms with van der Waals surface area (Å²) in [6.45, 7) is 7.03. The summed E-state index contributed by atoms with van der Waals surface area (Å²) in [7, 11) is 0. The van der Waals surface area contributed by atoms with E-state index in [1.807, 2.05) is 45.0 Å². The van der Waals surface area contributed by atoms with Crippen molar-refractivity contribution in [2.45, 2.75) is 26.9 Å². The second kappa shape index (κ2) is 8.02. The molecular formula is C19H21Cl2NO2. The van der Waals surface area contributed by atoms with Gasteiger partial charge >= 0.3 is 0 Å². The number of aryl methyl sites for hydroxylation is 1. The van der Waals surface area contributed by atoms with Crippen LogP contribution in [-0.4, -0.2) is 29.0 Å². The number of carbonyl (C=O) groups is 1. The van der Waals surface area contributed by atoms with Crippen molar-refractivity contribution in [1.82, 2.24) is 4.90 Å². The molecule has 24 heavy (non-hydrogen) atoms. The van der Waals surface area contributed by atoms with Gasteiger partial charge in [0.2, 0.25) is 0 Å². The first-order valence-electron chi connectivity index (χ1n) is 7.91. The Morgan fingerprint density at radius 3 is 2.04 bits per heavy atom. The van der Waals surface area contributed by atoms with Crippen LogP contribution in [0.3, 0.4) is 0 Å². The molecule has 0 spiro atoms. The molecule has 0 aliphatic carbocycles. The molecule has 0 saturated heterocycles. The Morgan fingerprint density at radius 1 is 1.08 bits per heavy atom. The van der Waals surface area contributed by atoms with Crippen molar-refractivity contribution in [3.05, 3.63) is 68.7 Å². The molecule has 2 aromatic carbocycles. The fraction of sp³-hybridized carbons (Fsp3) is 0.316. The third kappa shape index (κ3) is 3.92. The highest BCUT2D eigenvalue weighted by molar-refractivity contribution is 6.36. The molecule has 128 valence electrons. The van der Waals surface area contributed by atoms with Crippen LogP contribution in [0.4, 0.5) is 0 Å². The van der Waals surface area contributed by atoms with Gasteiger partial charge in [-0.15, -0.1) is 0 Å². The van der Waals surface area contributed by atoms with Gasteiger partial charge < -0.3 is 10.0 Å². The summed E-state index contributed by atoms with van der Waals surface area (Å²) >= 11 is 12.7. The van der Waals surface area contributed by atoms with Gasteiger partial charge in [0.1, 0.15) is 6.10 Å². The maximum Gasteiger partial charge on any atom is 0.253 e. The molecule has 5 heteroatoms. The molecule has 1 atom stereocenters. The predicted octanol–water partition coefficient (Wildman–Crippen LogP) is 4.87. The van der Waals surface area contributed by atoms with E-state index in [1.54, 1.807) is 17.0 Å². The molecule has 0 fully saturated rings. The monoisotopic (exact) mass is 365 g/mol. The molecule has 1 amide bonds. The van der Waals surface area contributed by atoms with E-state index in [0.717, 1.165) is 5.56 Å². The number of amides is 1. The minimum absolute atomic E-state index is 0.125. The van der Waals surface area contributed by atoms with Crippen LogP contribution in [-0.2, 0) is 0 Å². The number of rotatable bonds is 5. The van der Waals surface area contributed by atoms with Crippen LogP contribution in [0.5, 0.6) is 0 Å². The lowest BCUT2D eigenvalue weighted by molar-refractivity contribution is 0.0773. The molecule has 0 saturated carbocycles. The molecule has 0 radical (unpaired) electrons. The van der Waals surface area contributed by atoms with Gasteiger partial charge in [0, 0.05) is 34.3 Å². The number of benzene rings is 2. The van der Waals surface area contributed by atoms with E-state index in [0.29, 0.717) is 29.8 Å². The molecule has 3 nitrogen and oxygen atoms in total. The summed E-state index contributed by atoms with van der Waals surface area (Å²) in [5.41, 5.74) is 2.64. The van der Waals surface area contributed by atoms with E-state index < -0.39 is 6.10 Å². The van der Waals surface area contributed by atoms with Crippen LogP contribution in [0, 0.1) is 6.92 Å². The zero-order valence-electron chi connectivity index (χ0n) is 14.0. The topological polar surface area (TPSA) is 40.5 Å². The van der Waals surface area contributed by atoms with Gasteiger partial charge in [0.25, 0.3) is 5.91 Å². The van der Waals surface area contributed by atoms with Gasteiger partial charge in [-0.25, -0.2) is 0 Å². The number of aliphatic hydroxyl groups is 1. The van der Waals surface area contributed by atoms with Crippen molar-refractivity contribution in [3.8, 4) is 0 Å². The summed E-state index contributed by atoms with van der Waals surface area (Å²) < 4.78 is 0. The highest BCUT2D eigenvalue weighted by Gasteiger charge is 2.21. The summed E-state index contributed by atoms with van der Waals surface area (Å²) in [5, 5.41) is 11.2. The summed E-state index contributed by atoms with van der Waals surface area (Å²) in [4.78, 5) is 14.1. The number of nitrogens with zero attached hydrogens (tertiary/aromatic N) is 1. The van der Waals surface area contributed by atoms with Crippen LogP contribution in [0.1, 0.15) is 47.0 Å². The fourth-order valence-corrected chi connectivity index (χ4v) is 3.27. The first-order chi connectivity index (χ1) is 11.4. The van der Waals surface area contributed by atoms with E-state index in [2.05, 4.69) is 0 Å². The number of carbonyl (C=O) groups excluding carboxylic acids is 1. The first-order valence-corrected chi connectivity index (χ1v) is 8.67. The molecule has 2 rings (SSSR count). The Morgan fingerprint density at radius 2 is 1.58 bits per heavy atom. The zero-order valence-corrected chi connectivity index (χ0v) is 15.5. The van der Waals surface area contributed by atoms with E-state index >= 15 is 0 Å². The SMILES string of the molecule is CCN(CC)C(=O)c1cc(Cl)c(C(O)c2ccc(C)cc2)c(Cl)c1. The van der Waals surface area contributed by atoms with Gasteiger partial charge in [-0.3, -0.25) is 4.79 Å². The average Bonchev–Trinajstić information content (AvgIpc) is 2.55. The molecule has 2 aromatic rings. The van der Waals surface area contributed by atoms with E-state index in [1.165, 1.54) is 0 Å². The third-order valence-corrected chi connectivity index (χ3v) is 4.67. The summed E-state index contributed by atoms with van der Waals surface area (Å²) in [6.07, 6.45) is -0.941. The molecule has 0 bridgehead atoms. The summed E-state index contributed by atoms with van der Waals surface area (Å²) in [6, 6.07) is 10.6. The smallest absolute Gasteiger partial charge is 0.253 e. The van der Waals surface area contributed by atoms with Crippen LogP contribution in [0.2, 0.25) is 10.0 Å². The minimum Gasteiger partial charge on any atom is -0.384 e. The van der Waals surface area contributed by atoms with Gasteiger partial charge in [0.05, 0.1) is 0 Å². The lowest BCUT2D eigenvalue weighted by atomic mass is 9.99. The highest BCUT2D eigenvalue weighted by atomic mass is 35.5. The van der Waals surface area contributed by atoms with Gasteiger partial charge in [0.15, 0.2) is 0 Å². The van der Waals surface area contributed by atoms with Crippen molar-refractivity contribution in [2.24, 2.45) is 0 Å². The van der Waals surface area contributed by atoms with E-state index in [4.69, 9.17) is 23.2 Å². The molecule has 1 N–H and O–H groups in total.